The van der Waals surface area contributed by atoms with Crippen molar-refractivity contribution in [3.8, 4) is 0 Å². The van der Waals surface area contributed by atoms with Crippen molar-refractivity contribution in [1.82, 2.24) is 29.5 Å². The molecule has 0 saturated heterocycles. The van der Waals surface area contributed by atoms with Crippen molar-refractivity contribution < 1.29 is 0 Å². The predicted molar refractivity (Wildman–Crippen MR) is 317 cm³/mol. The van der Waals surface area contributed by atoms with E-state index in [4.69, 9.17) is 39.1 Å². The summed E-state index contributed by atoms with van der Waals surface area (Å²) in [4.78, 5) is 8.71. The molecule has 0 unspecified atom stereocenters. The zero-order valence-corrected chi connectivity index (χ0v) is 44.8. The van der Waals surface area contributed by atoms with Gasteiger partial charge in [0.05, 0.1) is 21.8 Å². The summed E-state index contributed by atoms with van der Waals surface area (Å²) in [6, 6.07) is 82.8. The van der Waals surface area contributed by atoms with Gasteiger partial charge in [0, 0.05) is 35.9 Å². The number of aromatic nitrogens is 6. The summed E-state index contributed by atoms with van der Waals surface area (Å²) in [6.07, 6.45) is 3.60. The van der Waals surface area contributed by atoms with E-state index < -0.39 is 11.1 Å². The van der Waals surface area contributed by atoms with Crippen LogP contribution in [0.2, 0.25) is 10.3 Å². The Morgan fingerprint density at radius 3 is 1.13 bits per heavy atom. The van der Waals surface area contributed by atoms with E-state index in [1.165, 1.54) is 0 Å². The minimum Gasteiger partial charge on any atom is -0.399 e. The van der Waals surface area contributed by atoms with E-state index in [-0.39, 0.29) is 0 Å². The molecule has 12 rings (SSSR count). The van der Waals surface area contributed by atoms with Crippen LogP contribution in [-0.4, -0.2) is 29.5 Å². The van der Waals surface area contributed by atoms with Gasteiger partial charge in [-0.25, -0.2) is 19.3 Å². The van der Waals surface area contributed by atoms with Crippen LogP contribution in [0.3, 0.4) is 0 Å². The number of para-hydroxylation sites is 2. The maximum atomic E-state index is 6.50. The fourth-order valence-corrected chi connectivity index (χ4v) is 10.7. The first-order chi connectivity index (χ1) is 36.7. The molecule has 8 aromatic carbocycles. The minimum absolute atomic E-state index is 0.416. The zero-order chi connectivity index (χ0) is 51.8. The van der Waals surface area contributed by atoms with Crippen LogP contribution in [-0.2, 0) is 11.1 Å². The van der Waals surface area contributed by atoms with Crippen LogP contribution in [0.25, 0.3) is 21.8 Å². The van der Waals surface area contributed by atoms with Crippen molar-refractivity contribution in [3.05, 3.63) is 314 Å². The number of benzene rings is 8. The number of nitrogens with one attached hydrogen (secondary N) is 1. The summed E-state index contributed by atoms with van der Waals surface area (Å²) in [5.41, 5.74) is 16.7. The molecule has 8 nitrogen and oxygen atoms in total. The second-order valence-electron chi connectivity index (χ2n) is 17.9. The van der Waals surface area contributed by atoms with Gasteiger partial charge in [0.15, 0.2) is 5.82 Å². The topological polar surface area (TPSA) is 99.5 Å². The Morgan fingerprint density at radius 2 is 0.760 bits per heavy atom. The Balaban J connectivity index is 0.000000151. The normalized spacial score (nSPS) is 11.3. The maximum Gasteiger partial charge on any atom is 0.162 e. The SMILES string of the molecule is Cc1ccccc1N.Cc1ccccc1Nc1nn(C(c2ccccc2)(c2ccccc2)c2ccccc2)c2cc(Cl)ncc12.Clc1cc2c(cn1)c(I)nn2C(c1ccccc1)(c1ccccc1)c1ccccc1. The molecule has 368 valence electrons. The van der Waals surface area contributed by atoms with Crippen molar-refractivity contribution >= 4 is 84.8 Å². The van der Waals surface area contributed by atoms with E-state index in [0.29, 0.717) is 10.3 Å². The lowest BCUT2D eigenvalue weighted by molar-refractivity contribution is 0.473. The van der Waals surface area contributed by atoms with Gasteiger partial charge in [0.2, 0.25) is 0 Å². The summed E-state index contributed by atoms with van der Waals surface area (Å²) in [6.45, 7) is 4.08. The number of rotatable bonds is 10. The maximum absolute atomic E-state index is 6.50. The molecular weight excluding hydrogens is 1080 g/mol. The van der Waals surface area contributed by atoms with Gasteiger partial charge in [-0.15, -0.1) is 0 Å². The zero-order valence-electron chi connectivity index (χ0n) is 41.1. The first-order valence-electron chi connectivity index (χ1n) is 24.4. The molecule has 11 heteroatoms. The van der Waals surface area contributed by atoms with E-state index in [1.54, 1.807) is 12.4 Å². The van der Waals surface area contributed by atoms with Crippen molar-refractivity contribution in [2.75, 3.05) is 11.1 Å². The second-order valence-corrected chi connectivity index (χ2v) is 19.7. The van der Waals surface area contributed by atoms with E-state index >= 15 is 0 Å². The smallest absolute Gasteiger partial charge is 0.162 e. The highest BCUT2D eigenvalue weighted by molar-refractivity contribution is 14.1. The largest absolute Gasteiger partial charge is 0.399 e. The Hall–Kier alpha value is -8.09. The number of nitrogen functional groups attached to an aromatic ring is 1. The van der Waals surface area contributed by atoms with Crippen molar-refractivity contribution in [1.29, 1.82) is 0 Å². The summed E-state index contributed by atoms with van der Waals surface area (Å²) in [7, 11) is 0. The van der Waals surface area contributed by atoms with Gasteiger partial charge >= 0.3 is 0 Å². The van der Waals surface area contributed by atoms with Gasteiger partial charge in [-0.05, 0) is 93.1 Å². The molecule has 0 aliphatic carbocycles. The van der Waals surface area contributed by atoms with Gasteiger partial charge in [-0.2, -0.15) is 10.2 Å². The van der Waals surface area contributed by atoms with Crippen LogP contribution in [0.15, 0.2) is 255 Å². The Labute approximate surface area is 460 Å². The number of aryl methyl sites for hydroxylation is 2. The highest BCUT2D eigenvalue weighted by atomic mass is 127. The lowest BCUT2D eigenvalue weighted by Crippen LogP contribution is -2.38. The van der Waals surface area contributed by atoms with Crippen LogP contribution in [0.4, 0.5) is 17.2 Å². The third kappa shape index (κ3) is 10.0. The number of nitrogens with two attached hydrogens (primary N) is 1. The molecule has 0 atom stereocenters. The van der Waals surface area contributed by atoms with Crippen molar-refractivity contribution in [2.45, 2.75) is 24.9 Å². The Kier molecular flexibility index (Phi) is 15.2. The van der Waals surface area contributed by atoms with Crippen LogP contribution < -0.4 is 11.1 Å². The highest BCUT2D eigenvalue weighted by Gasteiger charge is 2.42. The molecule has 12 aromatic rings. The minimum atomic E-state index is -0.766. The fraction of sp³-hybridized carbons (Fsp3) is 0.0625. The van der Waals surface area contributed by atoms with Crippen LogP contribution in [0.5, 0.6) is 0 Å². The lowest BCUT2D eigenvalue weighted by Gasteiger charge is -2.37. The van der Waals surface area contributed by atoms with Gasteiger partial charge in [0.25, 0.3) is 0 Å². The summed E-state index contributed by atoms with van der Waals surface area (Å²) < 4.78 is 5.08. The quantitative estimate of drug-likeness (QED) is 0.0613. The van der Waals surface area contributed by atoms with E-state index in [2.05, 4.69) is 212 Å². The first-order valence-corrected chi connectivity index (χ1v) is 26.2. The average molecular weight is 1130 g/mol. The molecule has 0 bridgehead atoms. The predicted octanol–water partition coefficient (Wildman–Crippen LogP) is 16.1. The van der Waals surface area contributed by atoms with Crippen LogP contribution in [0.1, 0.15) is 44.5 Å². The van der Waals surface area contributed by atoms with E-state index in [9.17, 15) is 0 Å². The van der Waals surface area contributed by atoms with Gasteiger partial charge in [-0.3, -0.25) is 0 Å². The molecule has 0 radical (unpaired) electrons. The third-order valence-electron chi connectivity index (χ3n) is 13.4. The number of hydrogen-bond donors (Lipinski definition) is 2. The number of halogens is 3. The molecule has 0 fully saturated rings. The number of fused-ring (bicyclic) bond motifs is 2. The standard InChI is InChI=1S/C32H25ClN4.C25H17ClIN3.C7H9N/c1-23-13-11-12-20-28(23)35-31-27-22-34-30(33)21-29(27)37(36-31)32(24-14-5-2-6-15-24,25-16-7-3-8-17-25)26-18-9-4-10-19-26;26-23-16-22-21(17-28-23)24(27)29-30(22)25(18-10-4-1-5-11-18,19-12-6-2-7-13-19)20-14-8-3-9-15-20;1-6-4-2-3-5-7(6)8/h2-22H,1H3,(H,35,36);1-17H;2-5H,8H2,1H3. The fourth-order valence-electron chi connectivity index (χ4n) is 9.78. The van der Waals surface area contributed by atoms with Crippen LogP contribution >= 0.6 is 45.8 Å². The first kappa shape index (κ1) is 50.4. The van der Waals surface area contributed by atoms with Gasteiger partial charge in [0.1, 0.15) is 25.1 Å². The van der Waals surface area contributed by atoms with E-state index in [1.807, 2.05) is 91.9 Å². The van der Waals surface area contributed by atoms with Gasteiger partial charge < -0.3 is 11.1 Å². The lowest BCUT2D eigenvalue weighted by atomic mass is 9.77. The summed E-state index contributed by atoms with van der Waals surface area (Å²) >= 11 is 15.1. The number of nitrogens with zero attached hydrogens (tertiary/aromatic N) is 6. The number of anilines is 3. The third-order valence-corrected chi connectivity index (χ3v) is 14.6. The van der Waals surface area contributed by atoms with E-state index in [0.717, 1.165) is 87.2 Å². The van der Waals surface area contributed by atoms with Crippen molar-refractivity contribution in [2.24, 2.45) is 0 Å². The number of hydrogen-bond acceptors (Lipinski definition) is 6. The molecule has 75 heavy (non-hydrogen) atoms. The van der Waals surface area contributed by atoms with Crippen LogP contribution in [0, 0.1) is 17.5 Å². The molecule has 0 amide bonds. The molecule has 0 aliphatic rings. The monoisotopic (exact) mass is 1130 g/mol. The molecule has 4 aromatic heterocycles. The number of pyridine rings is 2. The Morgan fingerprint density at radius 1 is 0.427 bits per heavy atom. The molecule has 3 N–H and O–H groups in total. The second kappa shape index (κ2) is 22.6. The summed E-state index contributed by atoms with van der Waals surface area (Å²) in [5.74, 6) is 0.723. The molecule has 4 heterocycles. The van der Waals surface area contributed by atoms with Crippen molar-refractivity contribution in [3.63, 3.8) is 0 Å². The molecule has 0 saturated carbocycles. The molecule has 0 aliphatic heterocycles. The average Bonchev–Trinajstić information content (AvgIpc) is 3.98. The van der Waals surface area contributed by atoms with Gasteiger partial charge in [-0.1, -0.05) is 242 Å². The Bertz CT molecular complexity index is 3610. The highest BCUT2D eigenvalue weighted by Crippen LogP contribution is 2.45. The summed E-state index contributed by atoms with van der Waals surface area (Å²) in [5, 5.41) is 16.6. The molecular formula is C64H51Cl2IN8. The molecule has 0 spiro atoms.